The summed E-state index contributed by atoms with van der Waals surface area (Å²) in [6.45, 7) is 4.67. The van der Waals surface area contributed by atoms with Gasteiger partial charge in [-0.1, -0.05) is 13.8 Å². The Kier molecular flexibility index (Phi) is 7.37. The zero-order chi connectivity index (χ0) is 19.6. The number of primary amides is 1. The molecule has 3 amide bonds. The smallest absolute Gasteiger partial charge is 0.319 e. The van der Waals surface area contributed by atoms with E-state index in [2.05, 4.69) is 35.2 Å². The number of rotatable bonds is 5. The number of hydrogen-bond acceptors (Lipinski definition) is 4. The third-order valence-corrected chi connectivity index (χ3v) is 4.01. The van der Waals surface area contributed by atoms with Gasteiger partial charge in [0.1, 0.15) is 11.3 Å². The number of benzene rings is 1. The Hall–Kier alpha value is -3.35. The van der Waals surface area contributed by atoms with Gasteiger partial charge in [-0.05, 0) is 36.2 Å². The summed E-state index contributed by atoms with van der Waals surface area (Å²) in [6, 6.07) is 9.28. The third-order valence-electron chi connectivity index (χ3n) is 4.01. The largest absolute Gasteiger partial charge is 0.461 e. The van der Waals surface area contributed by atoms with Gasteiger partial charge in [0.05, 0.1) is 0 Å². The molecule has 0 aliphatic heterocycles. The van der Waals surface area contributed by atoms with Crippen molar-refractivity contribution in [3.05, 3.63) is 59.6 Å². The molecule has 0 saturated carbocycles. The monoisotopic (exact) mass is 368 g/mol. The van der Waals surface area contributed by atoms with Crippen LogP contribution in [0.5, 0.6) is 0 Å². The van der Waals surface area contributed by atoms with Gasteiger partial charge < -0.3 is 20.8 Å². The molecule has 0 radical (unpaired) electrons. The van der Waals surface area contributed by atoms with Crippen LogP contribution in [0.2, 0.25) is 0 Å². The van der Waals surface area contributed by atoms with Gasteiger partial charge in [-0.3, -0.25) is 9.78 Å². The molecule has 0 fully saturated rings. The van der Waals surface area contributed by atoms with Crippen LogP contribution in [0.1, 0.15) is 30.7 Å². The van der Waals surface area contributed by atoms with E-state index in [1.807, 2.05) is 30.3 Å². The van der Waals surface area contributed by atoms with Crippen LogP contribution in [0.4, 0.5) is 10.5 Å². The zero-order valence-electron chi connectivity index (χ0n) is 15.5. The first-order chi connectivity index (χ1) is 13.1. The number of aromatic nitrogens is 1. The molecule has 0 saturated heterocycles. The molecular weight excluding hydrogens is 344 g/mol. The van der Waals surface area contributed by atoms with Crippen molar-refractivity contribution in [1.82, 2.24) is 10.3 Å². The number of urea groups is 1. The number of hydrogen-bond donors (Lipinski definition) is 3. The molecular formula is C20H24N4O3. The van der Waals surface area contributed by atoms with Crippen molar-refractivity contribution >= 4 is 29.1 Å². The molecule has 0 atom stereocenters. The van der Waals surface area contributed by atoms with Crippen LogP contribution in [-0.4, -0.2) is 17.4 Å². The maximum atomic E-state index is 12.0. The standard InChI is InChI=1S/C19H21N3O2.CH3NO/c1-3-15-16-6-5-14(11-18(16)24-17(15)4-2)22-19(23)21-12-13-7-9-20-10-8-13;2-1-3/h5-11H,3-4,12H2,1-2H3,(H2,21,22,23);1H,(H2,2,3). The lowest BCUT2D eigenvalue weighted by Gasteiger charge is -2.07. The number of anilines is 1. The highest BCUT2D eigenvalue weighted by Gasteiger charge is 2.12. The summed E-state index contributed by atoms with van der Waals surface area (Å²) in [5.74, 6) is 1.02. The minimum Gasteiger partial charge on any atom is -0.461 e. The number of nitrogens with one attached hydrogen (secondary N) is 2. The van der Waals surface area contributed by atoms with E-state index in [1.54, 1.807) is 12.4 Å². The lowest BCUT2D eigenvalue weighted by atomic mass is 10.1. The van der Waals surface area contributed by atoms with E-state index in [9.17, 15) is 4.79 Å². The van der Waals surface area contributed by atoms with Gasteiger partial charge in [-0.25, -0.2) is 4.79 Å². The molecule has 3 rings (SSSR count). The molecule has 2 heterocycles. The second kappa shape index (κ2) is 9.96. The Morgan fingerprint density at radius 3 is 2.52 bits per heavy atom. The third kappa shape index (κ3) is 5.31. The number of aryl methyl sites for hydroxylation is 2. The maximum absolute atomic E-state index is 12.0. The molecule has 7 heteroatoms. The normalized spacial score (nSPS) is 10.0. The van der Waals surface area contributed by atoms with Crippen molar-refractivity contribution < 1.29 is 14.0 Å². The Morgan fingerprint density at radius 1 is 1.19 bits per heavy atom. The molecule has 27 heavy (non-hydrogen) atoms. The quantitative estimate of drug-likeness (QED) is 0.600. The Balaban J connectivity index is 0.000000817. The molecule has 1 aromatic carbocycles. The topological polar surface area (TPSA) is 110 Å². The first kappa shape index (κ1) is 20.0. The number of pyridine rings is 1. The van der Waals surface area contributed by atoms with E-state index in [0.717, 1.165) is 35.1 Å². The van der Waals surface area contributed by atoms with Gasteiger partial charge in [0, 0.05) is 48.1 Å². The SMILES string of the molecule is CCc1oc2cc(NC(=O)NCc3ccncc3)ccc2c1CC.NC=O. The Labute approximate surface area is 158 Å². The molecule has 142 valence electrons. The van der Waals surface area contributed by atoms with Crippen LogP contribution in [0.25, 0.3) is 11.0 Å². The number of carbonyl (C=O) groups is 2. The minimum absolute atomic E-state index is 0.246. The van der Waals surface area contributed by atoms with Crippen LogP contribution in [0.3, 0.4) is 0 Å². The molecule has 0 aliphatic carbocycles. The lowest BCUT2D eigenvalue weighted by molar-refractivity contribution is -0.106. The van der Waals surface area contributed by atoms with Crippen molar-refractivity contribution in [3.63, 3.8) is 0 Å². The molecule has 4 N–H and O–H groups in total. The molecule has 0 spiro atoms. The van der Waals surface area contributed by atoms with Crippen LogP contribution in [0.15, 0.2) is 47.1 Å². The van der Waals surface area contributed by atoms with E-state index < -0.39 is 0 Å². The summed E-state index contributed by atoms with van der Waals surface area (Å²) in [6.07, 6.45) is 5.47. The van der Waals surface area contributed by atoms with Gasteiger partial charge in [-0.15, -0.1) is 0 Å². The minimum atomic E-state index is -0.246. The van der Waals surface area contributed by atoms with E-state index >= 15 is 0 Å². The average molecular weight is 368 g/mol. The molecule has 2 aromatic heterocycles. The van der Waals surface area contributed by atoms with Crippen LogP contribution < -0.4 is 16.4 Å². The summed E-state index contributed by atoms with van der Waals surface area (Å²) in [7, 11) is 0. The Morgan fingerprint density at radius 2 is 1.89 bits per heavy atom. The predicted octanol–water partition coefficient (Wildman–Crippen LogP) is 3.38. The summed E-state index contributed by atoms with van der Waals surface area (Å²) in [5.41, 5.74) is 7.95. The molecule has 0 unspecified atom stereocenters. The number of furan rings is 1. The highest BCUT2D eigenvalue weighted by molar-refractivity contribution is 5.93. The van der Waals surface area contributed by atoms with Crippen LogP contribution in [0, 0.1) is 0 Å². The summed E-state index contributed by atoms with van der Waals surface area (Å²) in [4.78, 5) is 24.6. The fourth-order valence-electron chi connectivity index (χ4n) is 2.81. The summed E-state index contributed by atoms with van der Waals surface area (Å²) < 4.78 is 5.91. The fraction of sp³-hybridized carbons (Fsp3) is 0.250. The van der Waals surface area contributed by atoms with Crippen LogP contribution >= 0.6 is 0 Å². The number of nitrogens with zero attached hydrogens (tertiary/aromatic N) is 1. The van der Waals surface area contributed by atoms with Gasteiger partial charge in [0.25, 0.3) is 0 Å². The first-order valence-corrected chi connectivity index (χ1v) is 8.76. The van der Waals surface area contributed by atoms with E-state index in [-0.39, 0.29) is 12.4 Å². The van der Waals surface area contributed by atoms with E-state index in [4.69, 9.17) is 9.21 Å². The highest BCUT2D eigenvalue weighted by atomic mass is 16.3. The van der Waals surface area contributed by atoms with Gasteiger partial charge in [0.15, 0.2) is 0 Å². The Bertz CT molecular complexity index is 891. The number of fused-ring (bicyclic) bond motifs is 1. The molecule has 7 nitrogen and oxygen atoms in total. The van der Waals surface area contributed by atoms with Gasteiger partial charge in [0.2, 0.25) is 6.41 Å². The predicted molar refractivity (Wildman–Crippen MR) is 105 cm³/mol. The van der Waals surface area contributed by atoms with Crippen molar-refractivity contribution in [1.29, 1.82) is 0 Å². The van der Waals surface area contributed by atoms with Crippen molar-refractivity contribution in [2.75, 3.05) is 5.32 Å². The van der Waals surface area contributed by atoms with Crippen molar-refractivity contribution in [2.24, 2.45) is 5.73 Å². The summed E-state index contributed by atoms with van der Waals surface area (Å²) in [5, 5.41) is 6.79. The number of nitrogens with two attached hydrogens (primary N) is 1. The number of carbonyl (C=O) groups excluding carboxylic acids is 2. The molecule has 3 aromatic rings. The summed E-state index contributed by atoms with van der Waals surface area (Å²) >= 11 is 0. The van der Waals surface area contributed by atoms with Crippen molar-refractivity contribution in [3.8, 4) is 0 Å². The molecule has 0 aliphatic rings. The maximum Gasteiger partial charge on any atom is 0.319 e. The van der Waals surface area contributed by atoms with Crippen LogP contribution in [-0.2, 0) is 24.2 Å². The first-order valence-electron chi connectivity index (χ1n) is 8.76. The lowest BCUT2D eigenvalue weighted by Crippen LogP contribution is -2.28. The second-order valence-electron chi connectivity index (χ2n) is 5.72. The van der Waals surface area contributed by atoms with Gasteiger partial charge >= 0.3 is 6.03 Å². The van der Waals surface area contributed by atoms with E-state index in [0.29, 0.717) is 12.2 Å². The molecule has 0 bridgehead atoms. The zero-order valence-corrected chi connectivity index (χ0v) is 15.5. The average Bonchev–Trinajstić information content (AvgIpc) is 3.04. The van der Waals surface area contributed by atoms with E-state index in [1.165, 1.54) is 5.56 Å². The second-order valence-corrected chi connectivity index (χ2v) is 5.72. The highest BCUT2D eigenvalue weighted by Crippen LogP contribution is 2.29. The fourth-order valence-corrected chi connectivity index (χ4v) is 2.81. The van der Waals surface area contributed by atoms with Crippen molar-refractivity contribution in [2.45, 2.75) is 33.2 Å². The van der Waals surface area contributed by atoms with Gasteiger partial charge in [-0.2, -0.15) is 0 Å². The number of amides is 3.